The van der Waals surface area contributed by atoms with E-state index in [0.717, 1.165) is 5.56 Å². The Morgan fingerprint density at radius 1 is 1.14 bits per heavy atom. The molecule has 0 fully saturated rings. The minimum absolute atomic E-state index is 0.0332. The van der Waals surface area contributed by atoms with Crippen LogP contribution in [0.5, 0.6) is 0 Å². The van der Waals surface area contributed by atoms with Crippen LogP contribution in [0.3, 0.4) is 0 Å². The molecule has 0 aliphatic carbocycles. The standard InChI is InChI=1S/C17H13FN4/c1-11(13-4-2-12(9-19)3-5-13)22-17-15-8-14(18)6-7-16(15)20-10-21-17/h2-8,10-11H,1H3,(H,20,21,22)/t11-/m0/s1. The van der Waals surface area contributed by atoms with Crippen molar-refractivity contribution in [3.8, 4) is 6.07 Å². The van der Waals surface area contributed by atoms with E-state index in [-0.39, 0.29) is 11.9 Å². The second-order valence-corrected chi connectivity index (χ2v) is 4.98. The van der Waals surface area contributed by atoms with Gasteiger partial charge in [0.15, 0.2) is 0 Å². The quantitative estimate of drug-likeness (QED) is 0.797. The predicted octanol–water partition coefficient (Wildman–Crippen LogP) is 3.81. The molecule has 0 unspecified atom stereocenters. The monoisotopic (exact) mass is 292 g/mol. The summed E-state index contributed by atoms with van der Waals surface area (Å²) >= 11 is 0. The van der Waals surface area contributed by atoms with E-state index in [4.69, 9.17) is 5.26 Å². The topological polar surface area (TPSA) is 61.6 Å². The van der Waals surface area contributed by atoms with Crippen molar-refractivity contribution < 1.29 is 4.39 Å². The zero-order chi connectivity index (χ0) is 15.5. The first-order valence-corrected chi connectivity index (χ1v) is 6.84. The summed E-state index contributed by atoms with van der Waals surface area (Å²) in [6.07, 6.45) is 1.45. The molecule has 3 aromatic rings. The number of benzene rings is 2. The Balaban J connectivity index is 1.92. The van der Waals surface area contributed by atoms with Crippen LogP contribution in [0.1, 0.15) is 24.1 Å². The Morgan fingerprint density at radius 3 is 2.64 bits per heavy atom. The second kappa shape index (κ2) is 5.78. The zero-order valence-electron chi connectivity index (χ0n) is 11.9. The van der Waals surface area contributed by atoms with Gasteiger partial charge in [0, 0.05) is 11.4 Å². The maximum Gasteiger partial charge on any atom is 0.137 e. The minimum Gasteiger partial charge on any atom is -0.363 e. The largest absolute Gasteiger partial charge is 0.363 e. The molecule has 0 saturated heterocycles. The Morgan fingerprint density at radius 2 is 1.91 bits per heavy atom. The molecule has 1 aromatic heterocycles. The van der Waals surface area contributed by atoms with Crippen molar-refractivity contribution in [1.29, 1.82) is 5.26 Å². The van der Waals surface area contributed by atoms with Gasteiger partial charge in [-0.3, -0.25) is 0 Å². The van der Waals surface area contributed by atoms with Gasteiger partial charge < -0.3 is 5.32 Å². The van der Waals surface area contributed by atoms with Crippen LogP contribution in [0.4, 0.5) is 10.2 Å². The molecule has 0 aliphatic rings. The van der Waals surface area contributed by atoms with Gasteiger partial charge in [0.1, 0.15) is 18.0 Å². The summed E-state index contributed by atoms with van der Waals surface area (Å²) in [5, 5.41) is 12.7. The number of halogens is 1. The van der Waals surface area contributed by atoms with Crippen LogP contribution in [0.2, 0.25) is 0 Å². The van der Waals surface area contributed by atoms with Crippen LogP contribution in [0.15, 0.2) is 48.8 Å². The Labute approximate surface area is 127 Å². The number of nitrogens with one attached hydrogen (secondary N) is 1. The Hall–Kier alpha value is -3.00. The summed E-state index contributed by atoms with van der Waals surface area (Å²) in [7, 11) is 0. The van der Waals surface area contributed by atoms with Gasteiger partial charge in [0.05, 0.1) is 17.1 Å². The highest BCUT2D eigenvalue weighted by molar-refractivity contribution is 5.88. The number of hydrogen-bond acceptors (Lipinski definition) is 4. The van der Waals surface area contributed by atoms with Gasteiger partial charge in [-0.2, -0.15) is 5.26 Å². The number of hydrogen-bond donors (Lipinski definition) is 1. The van der Waals surface area contributed by atoms with Crippen LogP contribution in [0.25, 0.3) is 10.9 Å². The van der Waals surface area contributed by atoms with Crippen LogP contribution in [-0.2, 0) is 0 Å². The molecular formula is C17H13FN4. The van der Waals surface area contributed by atoms with E-state index in [1.807, 2.05) is 19.1 Å². The third kappa shape index (κ3) is 2.72. The summed E-state index contributed by atoms with van der Waals surface area (Å²) < 4.78 is 13.4. The average Bonchev–Trinajstić information content (AvgIpc) is 2.55. The molecule has 22 heavy (non-hydrogen) atoms. The van der Waals surface area contributed by atoms with E-state index in [1.165, 1.54) is 18.5 Å². The molecule has 1 N–H and O–H groups in total. The third-order valence-electron chi connectivity index (χ3n) is 3.49. The van der Waals surface area contributed by atoms with Crippen molar-refractivity contribution in [3.63, 3.8) is 0 Å². The predicted molar refractivity (Wildman–Crippen MR) is 82.7 cm³/mol. The lowest BCUT2D eigenvalue weighted by molar-refractivity contribution is 0.629. The number of rotatable bonds is 3. The highest BCUT2D eigenvalue weighted by Crippen LogP contribution is 2.24. The molecule has 0 radical (unpaired) electrons. The van der Waals surface area contributed by atoms with Crippen molar-refractivity contribution in [2.75, 3.05) is 5.32 Å². The highest BCUT2D eigenvalue weighted by Gasteiger charge is 2.10. The molecule has 0 aliphatic heterocycles. The smallest absolute Gasteiger partial charge is 0.137 e. The van der Waals surface area contributed by atoms with Gasteiger partial charge in [-0.1, -0.05) is 12.1 Å². The van der Waals surface area contributed by atoms with Crippen molar-refractivity contribution in [1.82, 2.24) is 9.97 Å². The van der Waals surface area contributed by atoms with Gasteiger partial charge in [-0.05, 0) is 42.8 Å². The summed E-state index contributed by atoms with van der Waals surface area (Å²) in [6.45, 7) is 1.98. The molecule has 0 saturated carbocycles. The first kappa shape index (κ1) is 14.0. The molecular weight excluding hydrogens is 279 g/mol. The summed E-state index contributed by atoms with van der Waals surface area (Å²) in [4.78, 5) is 8.34. The minimum atomic E-state index is -0.323. The molecule has 4 nitrogen and oxygen atoms in total. The number of nitriles is 1. The van der Waals surface area contributed by atoms with E-state index in [1.54, 1.807) is 18.2 Å². The molecule has 0 amide bonds. The molecule has 108 valence electrons. The van der Waals surface area contributed by atoms with Crippen molar-refractivity contribution in [2.24, 2.45) is 0 Å². The summed E-state index contributed by atoms with van der Waals surface area (Å²) in [5.74, 6) is 0.262. The Kier molecular flexibility index (Phi) is 3.67. The molecule has 0 spiro atoms. The normalized spacial score (nSPS) is 11.9. The fourth-order valence-corrected chi connectivity index (χ4v) is 2.28. The first-order chi connectivity index (χ1) is 10.7. The third-order valence-corrected chi connectivity index (χ3v) is 3.49. The molecule has 1 heterocycles. The lowest BCUT2D eigenvalue weighted by Gasteiger charge is -2.16. The van der Waals surface area contributed by atoms with Crippen LogP contribution >= 0.6 is 0 Å². The number of fused-ring (bicyclic) bond motifs is 1. The molecule has 3 rings (SSSR count). The maximum atomic E-state index is 13.4. The van der Waals surface area contributed by atoms with Gasteiger partial charge in [-0.15, -0.1) is 0 Å². The van der Waals surface area contributed by atoms with Crippen LogP contribution in [0, 0.1) is 17.1 Å². The van der Waals surface area contributed by atoms with Gasteiger partial charge in [0.2, 0.25) is 0 Å². The molecule has 5 heteroatoms. The maximum absolute atomic E-state index is 13.4. The summed E-state index contributed by atoms with van der Waals surface area (Å²) in [5.41, 5.74) is 2.32. The van der Waals surface area contributed by atoms with Crippen molar-refractivity contribution >= 4 is 16.7 Å². The molecule has 0 bridgehead atoms. The lowest BCUT2D eigenvalue weighted by atomic mass is 10.1. The SMILES string of the molecule is C[C@H](Nc1ncnc2ccc(F)cc12)c1ccc(C#N)cc1. The van der Waals surface area contributed by atoms with E-state index in [9.17, 15) is 4.39 Å². The summed E-state index contributed by atoms with van der Waals surface area (Å²) in [6, 6.07) is 13.8. The fraction of sp³-hybridized carbons (Fsp3) is 0.118. The van der Waals surface area contributed by atoms with Gasteiger partial charge in [0.25, 0.3) is 0 Å². The van der Waals surface area contributed by atoms with E-state index in [2.05, 4.69) is 21.4 Å². The van der Waals surface area contributed by atoms with Crippen LogP contribution < -0.4 is 5.32 Å². The zero-order valence-corrected chi connectivity index (χ0v) is 11.9. The number of anilines is 1. The first-order valence-electron chi connectivity index (χ1n) is 6.84. The molecule has 2 aromatic carbocycles. The van der Waals surface area contributed by atoms with Gasteiger partial charge >= 0.3 is 0 Å². The van der Waals surface area contributed by atoms with E-state index in [0.29, 0.717) is 22.3 Å². The lowest BCUT2D eigenvalue weighted by Crippen LogP contribution is -2.08. The number of nitrogens with zero attached hydrogens (tertiary/aromatic N) is 3. The van der Waals surface area contributed by atoms with Crippen LogP contribution in [-0.4, -0.2) is 9.97 Å². The van der Waals surface area contributed by atoms with Crippen molar-refractivity contribution in [3.05, 3.63) is 65.7 Å². The van der Waals surface area contributed by atoms with Crippen molar-refractivity contribution in [2.45, 2.75) is 13.0 Å². The average molecular weight is 292 g/mol. The van der Waals surface area contributed by atoms with E-state index < -0.39 is 0 Å². The molecule has 1 atom stereocenters. The fourth-order valence-electron chi connectivity index (χ4n) is 2.28. The Bertz CT molecular complexity index is 853. The van der Waals surface area contributed by atoms with E-state index >= 15 is 0 Å². The second-order valence-electron chi connectivity index (χ2n) is 4.98. The number of aromatic nitrogens is 2. The van der Waals surface area contributed by atoms with Gasteiger partial charge in [-0.25, -0.2) is 14.4 Å². The highest BCUT2D eigenvalue weighted by atomic mass is 19.1.